The van der Waals surface area contributed by atoms with E-state index < -0.39 is 0 Å². The lowest BCUT2D eigenvalue weighted by Gasteiger charge is -2.08. The molecule has 0 atom stereocenters. The van der Waals surface area contributed by atoms with Gasteiger partial charge in [0.25, 0.3) is 0 Å². The third kappa shape index (κ3) is 3.12. The molecule has 0 bridgehead atoms. The first-order chi connectivity index (χ1) is 6.00. The average molecular weight is 347 g/mol. The van der Waals surface area contributed by atoms with Crippen LogP contribution in [-0.2, 0) is 0 Å². The van der Waals surface area contributed by atoms with E-state index in [2.05, 4.69) is 40.1 Å². The van der Waals surface area contributed by atoms with E-state index in [0.29, 0.717) is 15.7 Å². The predicted molar refractivity (Wildman–Crippen MR) is 69.6 cm³/mol. The van der Waals surface area contributed by atoms with Gasteiger partial charge in [-0.15, -0.1) is 0 Å². The van der Waals surface area contributed by atoms with Gasteiger partial charge in [-0.05, 0) is 46.9 Å². The van der Waals surface area contributed by atoms with Crippen molar-refractivity contribution in [2.45, 2.75) is 0 Å². The summed E-state index contributed by atoms with van der Waals surface area (Å²) in [5.74, 6) is 0. The van der Waals surface area contributed by atoms with Crippen LogP contribution in [0.2, 0.25) is 10.0 Å². The van der Waals surface area contributed by atoms with Crippen molar-refractivity contribution in [1.82, 2.24) is 0 Å². The Bertz CT molecular complexity index is 333. The van der Waals surface area contributed by atoms with E-state index in [9.17, 15) is 0 Å². The van der Waals surface area contributed by atoms with Crippen molar-refractivity contribution in [2.75, 3.05) is 5.32 Å². The van der Waals surface area contributed by atoms with Gasteiger partial charge in [-0.1, -0.05) is 23.2 Å². The first-order valence-electron chi connectivity index (χ1n) is 3.21. The van der Waals surface area contributed by atoms with Crippen LogP contribution < -0.4 is 11.1 Å². The third-order valence-corrected chi connectivity index (χ3v) is 2.58. The molecule has 3 N–H and O–H groups in total. The van der Waals surface area contributed by atoms with Crippen LogP contribution in [0.5, 0.6) is 0 Å². The van der Waals surface area contributed by atoms with Gasteiger partial charge in [0.15, 0.2) is 5.11 Å². The quantitative estimate of drug-likeness (QED) is 0.605. The van der Waals surface area contributed by atoms with E-state index in [1.165, 1.54) is 0 Å². The van der Waals surface area contributed by atoms with Crippen molar-refractivity contribution in [3.8, 4) is 0 Å². The largest absolute Gasteiger partial charge is 0.376 e. The van der Waals surface area contributed by atoms with Crippen molar-refractivity contribution in [2.24, 2.45) is 5.73 Å². The molecule has 1 aromatic rings. The normalized spacial score (nSPS) is 9.77. The lowest BCUT2D eigenvalue weighted by atomic mass is 10.3. The first kappa shape index (κ1) is 11.3. The summed E-state index contributed by atoms with van der Waals surface area (Å²) in [5, 5.41) is 3.86. The van der Waals surface area contributed by atoms with Gasteiger partial charge in [0.2, 0.25) is 0 Å². The van der Waals surface area contributed by atoms with Crippen molar-refractivity contribution in [3.63, 3.8) is 0 Å². The van der Waals surface area contributed by atoms with Crippen LogP contribution in [0.15, 0.2) is 12.1 Å². The van der Waals surface area contributed by atoms with Crippen molar-refractivity contribution >= 4 is 68.8 Å². The van der Waals surface area contributed by atoms with Gasteiger partial charge in [0.05, 0.1) is 15.7 Å². The molecule has 1 aromatic carbocycles. The van der Waals surface area contributed by atoms with E-state index in [4.69, 9.17) is 28.9 Å². The van der Waals surface area contributed by atoms with Gasteiger partial charge in [-0.2, -0.15) is 0 Å². The lowest BCUT2D eigenvalue weighted by molar-refractivity contribution is 1.58. The minimum Gasteiger partial charge on any atom is -0.376 e. The van der Waals surface area contributed by atoms with Gasteiger partial charge >= 0.3 is 0 Å². The molecule has 0 aliphatic carbocycles. The Morgan fingerprint density at radius 3 is 2.23 bits per heavy atom. The molecule has 0 radical (unpaired) electrons. The molecule has 0 aliphatic heterocycles. The van der Waals surface area contributed by atoms with Crippen LogP contribution in [0.4, 0.5) is 5.69 Å². The summed E-state index contributed by atoms with van der Waals surface area (Å²) >= 11 is 18.6. The van der Waals surface area contributed by atoms with E-state index in [-0.39, 0.29) is 5.11 Å². The standard InChI is InChI=1S/C7H5Cl2IN2S/c8-4-1-3(10)2-5(9)6(4)12-7(11)13/h1-2H,(H3,11,12,13). The van der Waals surface area contributed by atoms with Crippen LogP contribution in [0.25, 0.3) is 0 Å². The van der Waals surface area contributed by atoms with E-state index in [0.717, 1.165) is 3.57 Å². The maximum atomic E-state index is 5.91. The first-order valence-corrected chi connectivity index (χ1v) is 5.46. The number of rotatable bonds is 1. The maximum Gasteiger partial charge on any atom is 0.168 e. The summed E-state index contributed by atoms with van der Waals surface area (Å²) in [4.78, 5) is 0. The van der Waals surface area contributed by atoms with Gasteiger partial charge in [-0.25, -0.2) is 0 Å². The second-order valence-electron chi connectivity index (χ2n) is 2.23. The minimum absolute atomic E-state index is 0.144. The second-order valence-corrected chi connectivity index (χ2v) is 4.73. The topological polar surface area (TPSA) is 38.0 Å². The molecule has 0 unspecified atom stereocenters. The molecule has 0 aromatic heterocycles. The maximum absolute atomic E-state index is 5.91. The smallest absolute Gasteiger partial charge is 0.168 e. The monoisotopic (exact) mass is 346 g/mol. The highest BCUT2D eigenvalue weighted by molar-refractivity contribution is 14.1. The summed E-state index contributed by atoms with van der Waals surface area (Å²) < 4.78 is 0.959. The zero-order valence-electron chi connectivity index (χ0n) is 6.27. The van der Waals surface area contributed by atoms with Crippen molar-refractivity contribution in [3.05, 3.63) is 25.7 Å². The van der Waals surface area contributed by atoms with Crippen LogP contribution in [-0.4, -0.2) is 5.11 Å². The highest BCUT2D eigenvalue weighted by atomic mass is 127. The number of nitrogens with two attached hydrogens (primary N) is 1. The van der Waals surface area contributed by atoms with E-state index >= 15 is 0 Å². The average Bonchev–Trinajstić information content (AvgIpc) is 1.96. The zero-order chi connectivity index (χ0) is 10.0. The number of nitrogens with one attached hydrogen (secondary N) is 1. The Kier molecular flexibility index (Phi) is 4.03. The Morgan fingerprint density at radius 1 is 1.38 bits per heavy atom. The van der Waals surface area contributed by atoms with E-state index in [1.807, 2.05) is 0 Å². The lowest BCUT2D eigenvalue weighted by Crippen LogP contribution is -2.19. The number of hydrogen-bond donors (Lipinski definition) is 2. The molecular formula is C7H5Cl2IN2S. The van der Waals surface area contributed by atoms with Crippen LogP contribution in [0.3, 0.4) is 0 Å². The van der Waals surface area contributed by atoms with Crippen molar-refractivity contribution < 1.29 is 0 Å². The number of hydrogen-bond acceptors (Lipinski definition) is 1. The van der Waals surface area contributed by atoms with E-state index in [1.54, 1.807) is 12.1 Å². The summed E-state index contributed by atoms with van der Waals surface area (Å²) in [5.41, 5.74) is 5.85. The highest BCUT2D eigenvalue weighted by Gasteiger charge is 2.07. The fourth-order valence-corrected chi connectivity index (χ4v) is 2.46. The molecule has 70 valence electrons. The second kappa shape index (κ2) is 4.63. The highest BCUT2D eigenvalue weighted by Crippen LogP contribution is 2.32. The Hall–Kier alpha value is 0.220. The molecule has 0 saturated heterocycles. The van der Waals surface area contributed by atoms with Gasteiger partial charge in [0.1, 0.15) is 0 Å². The van der Waals surface area contributed by atoms with Crippen molar-refractivity contribution in [1.29, 1.82) is 0 Å². The molecule has 0 saturated carbocycles. The molecule has 0 heterocycles. The molecule has 2 nitrogen and oxygen atoms in total. The fourth-order valence-electron chi connectivity index (χ4n) is 0.785. The van der Waals surface area contributed by atoms with Crippen LogP contribution >= 0.6 is 58.0 Å². The van der Waals surface area contributed by atoms with Gasteiger partial charge < -0.3 is 11.1 Å². The molecule has 1 rings (SSSR count). The minimum atomic E-state index is 0.144. The van der Waals surface area contributed by atoms with Gasteiger partial charge in [-0.3, -0.25) is 0 Å². The van der Waals surface area contributed by atoms with Crippen LogP contribution in [0, 0.1) is 3.57 Å². The number of anilines is 1. The zero-order valence-corrected chi connectivity index (χ0v) is 10.8. The number of thiocarbonyl (C=S) groups is 1. The molecule has 0 fully saturated rings. The molecule has 13 heavy (non-hydrogen) atoms. The summed E-state index contributed by atoms with van der Waals surface area (Å²) in [7, 11) is 0. The summed E-state index contributed by atoms with van der Waals surface area (Å²) in [6.07, 6.45) is 0. The molecule has 0 amide bonds. The Morgan fingerprint density at radius 2 is 1.85 bits per heavy atom. The number of benzene rings is 1. The summed E-state index contributed by atoms with van der Waals surface area (Å²) in [6, 6.07) is 3.54. The van der Waals surface area contributed by atoms with Gasteiger partial charge in [0, 0.05) is 3.57 Å². The fraction of sp³-hybridized carbons (Fsp3) is 0. The molecular weight excluding hydrogens is 342 g/mol. The third-order valence-electron chi connectivity index (χ3n) is 1.26. The van der Waals surface area contributed by atoms with Crippen LogP contribution in [0.1, 0.15) is 0 Å². The SMILES string of the molecule is NC(=S)Nc1c(Cl)cc(I)cc1Cl. The molecule has 6 heteroatoms. The predicted octanol–water partition coefficient (Wildman–Crippen LogP) is 3.25. The Balaban J connectivity index is 3.13. The molecule has 0 aliphatic rings. The number of halogens is 3. The molecule has 0 spiro atoms. The Labute approximate surface area is 105 Å². The summed E-state index contributed by atoms with van der Waals surface area (Å²) in [6.45, 7) is 0.